The average molecular weight is 339 g/mol. The number of hydrogen-bond donors (Lipinski definition) is 0. The van der Waals surface area contributed by atoms with Crippen molar-refractivity contribution in [1.29, 1.82) is 0 Å². The predicted octanol–water partition coefficient (Wildman–Crippen LogP) is 4.01. The Morgan fingerprint density at radius 2 is 2.04 bits per heavy atom. The molecule has 0 aliphatic carbocycles. The normalized spacial score (nSPS) is 23.8. The van der Waals surface area contributed by atoms with Crippen LogP contribution in [0, 0.1) is 0 Å². The molecule has 1 aromatic heterocycles. The van der Waals surface area contributed by atoms with Gasteiger partial charge in [0.15, 0.2) is 5.78 Å². The molecule has 1 saturated heterocycles. The van der Waals surface area contributed by atoms with E-state index in [0.717, 1.165) is 31.1 Å². The molecule has 1 aromatic carbocycles. The quantitative estimate of drug-likeness (QED) is 0.788. The summed E-state index contributed by atoms with van der Waals surface area (Å²) >= 11 is 1.61. The van der Waals surface area contributed by atoms with Crippen molar-refractivity contribution in [2.45, 2.75) is 32.0 Å². The number of rotatable bonds is 4. The Morgan fingerprint density at radius 1 is 1.21 bits per heavy atom. The number of carbonyl (C=O) groups excluding carboxylic acids is 1. The van der Waals surface area contributed by atoms with E-state index >= 15 is 0 Å². The largest absolute Gasteiger partial charge is 0.378 e. The topological polar surface area (TPSA) is 29.5 Å². The van der Waals surface area contributed by atoms with Crippen LogP contribution in [0.5, 0.6) is 0 Å². The summed E-state index contributed by atoms with van der Waals surface area (Å²) in [6, 6.07) is 15.4. The number of hydrogen-bond acceptors (Lipinski definition) is 4. The van der Waals surface area contributed by atoms with Gasteiger partial charge in [-0.25, -0.2) is 0 Å². The van der Waals surface area contributed by atoms with E-state index in [1.165, 1.54) is 16.0 Å². The van der Waals surface area contributed by atoms with Crippen molar-refractivity contribution in [2.75, 3.05) is 13.2 Å². The van der Waals surface area contributed by atoms with Gasteiger partial charge in [0.05, 0.1) is 24.1 Å². The van der Waals surface area contributed by atoms with Crippen molar-refractivity contribution in [3.05, 3.63) is 63.9 Å². The van der Waals surface area contributed by atoms with Crippen molar-refractivity contribution in [1.82, 2.24) is 4.90 Å². The third kappa shape index (κ3) is 3.09. The van der Waals surface area contributed by atoms with E-state index in [4.69, 9.17) is 4.74 Å². The van der Waals surface area contributed by atoms with Gasteiger partial charge in [0.1, 0.15) is 0 Å². The molecular formula is C20H21NO2S. The first kappa shape index (κ1) is 15.8. The van der Waals surface area contributed by atoms with Crippen LogP contribution in [0.3, 0.4) is 0 Å². The average Bonchev–Trinajstić information content (AvgIpc) is 3.06. The van der Waals surface area contributed by atoms with Crippen molar-refractivity contribution < 1.29 is 9.53 Å². The minimum absolute atomic E-state index is 0.150. The fourth-order valence-corrected chi connectivity index (χ4v) is 4.52. The summed E-state index contributed by atoms with van der Waals surface area (Å²) in [4.78, 5) is 16.2. The van der Waals surface area contributed by atoms with Crippen molar-refractivity contribution in [3.8, 4) is 0 Å². The van der Waals surface area contributed by atoms with E-state index in [-0.39, 0.29) is 5.78 Å². The number of morpholine rings is 1. The van der Waals surface area contributed by atoms with E-state index in [9.17, 15) is 4.79 Å². The molecule has 0 amide bonds. The molecule has 2 aromatic rings. The Bertz CT molecular complexity index is 765. The van der Waals surface area contributed by atoms with Gasteiger partial charge in [-0.1, -0.05) is 36.4 Å². The van der Waals surface area contributed by atoms with E-state index < -0.39 is 0 Å². The first-order chi connectivity index (χ1) is 11.7. The molecule has 2 aliphatic rings. The lowest BCUT2D eigenvalue weighted by Crippen LogP contribution is -2.53. The van der Waals surface area contributed by atoms with Crippen molar-refractivity contribution in [2.24, 2.45) is 0 Å². The van der Waals surface area contributed by atoms with Crippen LogP contribution in [0.25, 0.3) is 5.57 Å². The highest BCUT2D eigenvalue weighted by Crippen LogP contribution is 2.36. The van der Waals surface area contributed by atoms with Crippen LogP contribution in [0.2, 0.25) is 0 Å². The van der Waals surface area contributed by atoms with Crippen LogP contribution in [-0.2, 0) is 11.3 Å². The number of Topliss-reactive ketones (excluding diaryl/α,β-unsaturated/α-hetero) is 1. The third-order valence-electron chi connectivity index (χ3n) is 4.82. The Morgan fingerprint density at radius 3 is 2.75 bits per heavy atom. The van der Waals surface area contributed by atoms with Gasteiger partial charge in [0.25, 0.3) is 0 Å². The highest BCUT2D eigenvalue weighted by Gasteiger charge is 2.35. The van der Waals surface area contributed by atoms with Crippen LogP contribution >= 0.6 is 11.3 Å². The monoisotopic (exact) mass is 339 g/mol. The number of fused-ring (bicyclic) bond motifs is 2. The van der Waals surface area contributed by atoms with Gasteiger partial charge < -0.3 is 4.74 Å². The second-order valence-electron chi connectivity index (χ2n) is 6.53. The minimum atomic E-state index is 0.150. The molecule has 0 radical (unpaired) electrons. The lowest BCUT2D eigenvalue weighted by molar-refractivity contribution is -0.0402. The summed E-state index contributed by atoms with van der Waals surface area (Å²) in [5.74, 6) is 0.150. The summed E-state index contributed by atoms with van der Waals surface area (Å²) in [5.41, 5.74) is 2.72. The second-order valence-corrected chi connectivity index (χ2v) is 7.62. The molecule has 4 heteroatoms. The van der Waals surface area contributed by atoms with Gasteiger partial charge in [-0.05, 0) is 36.6 Å². The molecule has 24 heavy (non-hydrogen) atoms. The molecule has 3 nitrogen and oxygen atoms in total. The third-order valence-corrected chi connectivity index (χ3v) is 6.08. The van der Waals surface area contributed by atoms with Gasteiger partial charge in [0, 0.05) is 17.5 Å². The number of ether oxygens (including phenoxy) is 1. The van der Waals surface area contributed by atoms with Gasteiger partial charge >= 0.3 is 0 Å². The molecule has 2 aliphatic heterocycles. The minimum Gasteiger partial charge on any atom is -0.378 e. The molecule has 2 bridgehead atoms. The zero-order chi connectivity index (χ0) is 16.5. The van der Waals surface area contributed by atoms with Crippen LogP contribution in [0.4, 0.5) is 0 Å². The Hall–Kier alpha value is -1.75. The van der Waals surface area contributed by atoms with Crippen LogP contribution in [0.1, 0.15) is 33.5 Å². The molecule has 2 atom stereocenters. The number of nitrogens with zero attached hydrogens (tertiary/aromatic N) is 1. The van der Waals surface area contributed by atoms with Gasteiger partial charge in [0.2, 0.25) is 0 Å². The first-order valence-electron chi connectivity index (χ1n) is 8.40. The maximum atomic E-state index is 11.6. The zero-order valence-corrected chi connectivity index (χ0v) is 14.6. The summed E-state index contributed by atoms with van der Waals surface area (Å²) in [7, 11) is 0. The van der Waals surface area contributed by atoms with Gasteiger partial charge in [-0.15, -0.1) is 11.3 Å². The predicted molar refractivity (Wildman–Crippen MR) is 97.3 cm³/mol. The number of benzene rings is 1. The zero-order valence-electron chi connectivity index (χ0n) is 13.8. The summed E-state index contributed by atoms with van der Waals surface area (Å²) in [6.45, 7) is 4.13. The highest BCUT2D eigenvalue weighted by atomic mass is 32.1. The van der Waals surface area contributed by atoms with Gasteiger partial charge in [-0.2, -0.15) is 0 Å². The van der Waals surface area contributed by atoms with E-state index in [1.54, 1.807) is 18.3 Å². The van der Waals surface area contributed by atoms with E-state index in [0.29, 0.717) is 12.1 Å². The SMILES string of the molecule is CC(=O)c1ccc(C2=CC3COCC(C2)N3Cc2ccccc2)s1. The first-order valence-corrected chi connectivity index (χ1v) is 9.21. The molecule has 0 N–H and O–H groups in total. The number of thiophene rings is 1. The van der Waals surface area contributed by atoms with Crippen LogP contribution < -0.4 is 0 Å². The van der Waals surface area contributed by atoms with Crippen LogP contribution in [0.15, 0.2) is 48.5 Å². The smallest absolute Gasteiger partial charge is 0.169 e. The Balaban J connectivity index is 1.58. The second kappa shape index (κ2) is 6.63. The summed E-state index contributed by atoms with van der Waals surface area (Å²) in [6.07, 6.45) is 3.33. The molecule has 4 rings (SSSR count). The van der Waals surface area contributed by atoms with Crippen LogP contribution in [-0.4, -0.2) is 36.0 Å². The van der Waals surface area contributed by atoms with E-state index in [2.05, 4.69) is 47.4 Å². The molecule has 1 fully saturated rings. The lowest BCUT2D eigenvalue weighted by Gasteiger charge is -2.44. The molecule has 3 heterocycles. The maximum absolute atomic E-state index is 11.6. The van der Waals surface area contributed by atoms with Gasteiger partial charge in [-0.3, -0.25) is 9.69 Å². The summed E-state index contributed by atoms with van der Waals surface area (Å²) < 4.78 is 5.80. The molecule has 2 unspecified atom stereocenters. The Kier molecular flexibility index (Phi) is 4.35. The molecule has 0 spiro atoms. The van der Waals surface area contributed by atoms with E-state index in [1.807, 2.05) is 6.07 Å². The van der Waals surface area contributed by atoms with Crippen molar-refractivity contribution >= 4 is 22.7 Å². The molecular weight excluding hydrogens is 318 g/mol. The fourth-order valence-electron chi connectivity index (χ4n) is 3.58. The Labute approximate surface area is 146 Å². The van der Waals surface area contributed by atoms with Crippen molar-refractivity contribution in [3.63, 3.8) is 0 Å². The number of carbonyl (C=O) groups is 1. The maximum Gasteiger partial charge on any atom is 0.169 e. The fraction of sp³-hybridized carbons (Fsp3) is 0.350. The standard InChI is InChI=1S/C20H21NO2S/c1-14(22)19-7-8-20(24-19)16-9-17-12-23-13-18(10-16)21(17)11-15-5-3-2-4-6-15/h2-9,17-18H,10-13H2,1H3. The molecule has 0 saturated carbocycles. The lowest BCUT2D eigenvalue weighted by atomic mass is 9.92. The molecule has 124 valence electrons. The summed E-state index contributed by atoms with van der Waals surface area (Å²) in [5, 5.41) is 0. The highest BCUT2D eigenvalue weighted by molar-refractivity contribution is 7.15. The number of ketones is 1.